The van der Waals surface area contributed by atoms with Gasteiger partial charge in [-0.1, -0.05) is 18.2 Å². The van der Waals surface area contributed by atoms with E-state index < -0.39 is 5.97 Å². The first-order valence-corrected chi connectivity index (χ1v) is 4.20. The third-order valence-electron chi connectivity index (χ3n) is 1.80. The summed E-state index contributed by atoms with van der Waals surface area (Å²) in [4.78, 5) is 10.4. The zero-order valence-corrected chi connectivity index (χ0v) is 8.11. The molecule has 0 saturated heterocycles. The summed E-state index contributed by atoms with van der Waals surface area (Å²) >= 11 is 0. The molecule has 0 bridgehead atoms. The molecule has 0 saturated carbocycles. The maximum absolute atomic E-state index is 10.4. The van der Waals surface area contributed by atoms with E-state index in [2.05, 4.69) is 10.5 Å². The fraction of sp³-hybridized carbons (Fsp3) is 0.200. The summed E-state index contributed by atoms with van der Waals surface area (Å²) in [5, 5.41) is 12.3. The molecular weight excluding hydrogens is 180 g/mol. The lowest BCUT2D eigenvalue weighted by Crippen LogP contribution is -2.10. The number of nitrogens with zero attached hydrogens (tertiary/aromatic N) is 1. The molecule has 0 aliphatic heterocycles. The Morgan fingerprint density at radius 1 is 1.43 bits per heavy atom. The average Bonchev–Trinajstić information content (AvgIpc) is 2.16. The first-order chi connectivity index (χ1) is 6.61. The first kappa shape index (κ1) is 10.2. The average molecular weight is 192 g/mol. The van der Waals surface area contributed by atoms with Gasteiger partial charge in [0.15, 0.2) is 0 Å². The lowest BCUT2D eigenvalue weighted by atomic mass is 10.2. The van der Waals surface area contributed by atoms with Gasteiger partial charge in [0.05, 0.1) is 5.69 Å². The minimum Gasteiger partial charge on any atom is -0.477 e. The van der Waals surface area contributed by atoms with E-state index in [1.54, 1.807) is 0 Å². The summed E-state index contributed by atoms with van der Waals surface area (Å²) in [5.41, 5.74) is 4.57. The molecule has 1 aromatic rings. The van der Waals surface area contributed by atoms with Crippen LogP contribution in [0.4, 0.5) is 5.69 Å². The number of hydrazone groups is 1. The zero-order chi connectivity index (χ0) is 10.6. The largest absolute Gasteiger partial charge is 0.477 e. The maximum atomic E-state index is 10.4. The van der Waals surface area contributed by atoms with Crippen LogP contribution in [-0.2, 0) is 4.79 Å². The second kappa shape index (κ2) is 4.41. The van der Waals surface area contributed by atoms with Crippen LogP contribution in [-0.4, -0.2) is 16.8 Å². The molecule has 0 spiro atoms. The van der Waals surface area contributed by atoms with Crippen molar-refractivity contribution in [3.05, 3.63) is 29.8 Å². The monoisotopic (exact) mass is 192 g/mol. The Morgan fingerprint density at radius 2 is 2.07 bits per heavy atom. The normalized spacial score (nSPS) is 11.1. The second-order valence-corrected chi connectivity index (χ2v) is 2.93. The summed E-state index contributed by atoms with van der Waals surface area (Å²) < 4.78 is 0. The molecule has 0 heterocycles. The van der Waals surface area contributed by atoms with Gasteiger partial charge in [0.25, 0.3) is 0 Å². The zero-order valence-electron chi connectivity index (χ0n) is 8.11. The number of aryl methyl sites for hydroxylation is 1. The predicted molar refractivity (Wildman–Crippen MR) is 55.5 cm³/mol. The second-order valence-electron chi connectivity index (χ2n) is 2.93. The highest BCUT2D eigenvalue weighted by Crippen LogP contribution is 2.12. The number of carboxylic acid groups (broad SMARTS) is 1. The van der Waals surface area contributed by atoms with Crippen LogP contribution in [0.3, 0.4) is 0 Å². The van der Waals surface area contributed by atoms with Gasteiger partial charge in [-0.3, -0.25) is 5.43 Å². The van der Waals surface area contributed by atoms with Crippen LogP contribution < -0.4 is 5.43 Å². The van der Waals surface area contributed by atoms with E-state index in [1.165, 1.54) is 6.92 Å². The van der Waals surface area contributed by atoms with Crippen LogP contribution >= 0.6 is 0 Å². The van der Waals surface area contributed by atoms with E-state index >= 15 is 0 Å². The fourth-order valence-electron chi connectivity index (χ4n) is 0.890. The number of aliphatic carboxylic acids is 1. The van der Waals surface area contributed by atoms with Crippen molar-refractivity contribution in [3.63, 3.8) is 0 Å². The molecule has 0 amide bonds. The van der Waals surface area contributed by atoms with Crippen LogP contribution in [0.2, 0.25) is 0 Å². The Bertz CT molecular complexity index is 372. The van der Waals surface area contributed by atoms with Crippen molar-refractivity contribution in [2.45, 2.75) is 13.8 Å². The number of benzene rings is 1. The van der Waals surface area contributed by atoms with Gasteiger partial charge in [-0.15, -0.1) is 0 Å². The van der Waals surface area contributed by atoms with Gasteiger partial charge in [0.1, 0.15) is 5.71 Å². The van der Waals surface area contributed by atoms with E-state index in [0.717, 1.165) is 11.3 Å². The van der Waals surface area contributed by atoms with Crippen molar-refractivity contribution in [2.75, 3.05) is 5.43 Å². The highest BCUT2D eigenvalue weighted by atomic mass is 16.4. The number of rotatable bonds is 3. The maximum Gasteiger partial charge on any atom is 0.351 e. The molecule has 4 heteroatoms. The molecule has 1 aromatic carbocycles. The summed E-state index contributed by atoms with van der Waals surface area (Å²) in [5.74, 6) is -1.02. The molecule has 0 aliphatic carbocycles. The molecule has 0 aliphatic rings. The van der Waals surface area contributed by atoms with Crippen molar-refractivity contribution < 1.29 is 9.90 Å². The SMILES string of the molecule is C/C(=N\Nc1ccccc1C)C(=O)O. The highest BCUT2D eigenvalue weighted by molar-refractivity contribution is 6.34. The van der Waals surface area contributed by atoms with Crippen LogP contribution in [0, 0.1) is 6.92 Å². The summed E-state index contributed by atoms with van der Waals surface area (Å²) in [7, 11) is 0. The van der Waals surface area contributed by atoms with Crippen molar-refractivity contribution in [1.82, 2.24) is 0 Å². The van der Waals surface area contributed by atoms with Crippen LogP contribution in [0.15, 0.2) is 29.4 Å². The van der Waals surface area contributed by atoms with Gasteiger partial charge in [0, 0.05) is 0 Å². The molecular formula is C10H12N2O2. The number of hydrogen-bond acceptors (Lipinski definition) is 3. The van der Waals surface area contributed by atoms with E-state index in [-0.39, 0.29) is 5.71 Å². The molecule has 74 valence electrons. The Hall–Kier alpha value is -1.84. The number of anilines is 1. The third kappa shape index (κ3) is 2.58. The Kier molecular flexibility index (Phi) is 3.23. The highest BCUT2D eigenvalue weighted by Gasteiger charge is 2.01. The molecule has 0 unspecified atom stereocenters. The van der Waals surface area contributed by atoms with Crippen LogP contribution in [0.1, 0.15) is 12.5 Å². The minimum atomic E-state index is -1.02. The van der Waals surface area contributed by atoms with Gasteiger partial charge in [-0.05, 0) is 25.5 Å². The van der Waals surface area contributed by atoms with Crippen molar-refractivity contribution in [3.8, 4) is 0 Å². The van der Waals surface area contributed by atoms with E-state index in [1.807, 2.05) is 31.2 Å². The molecule has 0 fully saturated rings. The predicted octanol–water partition coefficient (Wildman–Crippen LogP) is 1.87. The number of para-hydroxylation sites is 1. The fourth-order valence-corrected chi connectivity index (χ4v) is 0.890. The number of nitrogens with one attached hydrogen (secondary N) is 1. The van der Waals surface area contributed by atoms with Crippen molar-refractivity contribution in [2.24, 2.45) is 5.10 Å². The number of carboxylic acids is 1. The standard InChI is InChI=1S/C10H12N2O2/c1-7-5-3-4-6-9(7)12-11-8(2)10(13)14/h3-6,12H,1-2H3,(H,13,14)/b11-8+. The lowest BCUT2D eigenvalue weighted by Gasteiger charge is -2.03. The number of hydrogen-bond donors (Lipinski definition) is 2. The van der Waals surface area contributed by atoms with E-state index in [0.29, 0.717) is 0 Å². The summed E-state index contributed by atoms with van der Waals surface area (Å²) in [6.45, 7) is 3.36. The van der Waals surface area contributed by atoms with Gasteiger partial charge >= 0.3 is 5.97 Å². The Balaban J connectivity index is 2.76. The van der Waals surface area contributed by atoms with Crippen molar-refractivity contribution >= 4 is 17.4 Å². The topological polar surface area (TPSA) is 61.7 Å². The van der Waals surface area contributed by atoms with E-state index in [4.69, 9.17) is 5.11 Å². The Morgan fingerprint density at radius 3 is 2.64 bits per heavy atom. The quantitative estimate of drug-likeness (QED) is 0.567. The molecule has 4 nitrogen and oxygen atoms in total. The molecule has 2 N–H and O–H groups in total. The molecule has 0 aromatic heterocycles. The van der Waals surface area contributed by atoms with Gasteiger partial charge in [0.2, 0.25) is 0 Å². The summed E-state index contributed by atoms with van der Waals surface area (Å²) in [6, 6.07) is 7.54. The molecule has 1 rings (SSSR count). The van der Waals surface area contributed by atoms with Gasteiger partial charge in [-0.25, -0.2) is 4.79 Å². The third-order valence-corrected chi connectivity index (χ3v) is 1.80. The van der Waals surface area contributed by atoms with Crippen LogP contribution in [0.5, 0.6) is 0 Å². The lowest BCUT2D eigenvalue weighted by molar-refractivity contribution is -0.129. The first-order valence-electron chi connectivity index (χ1n) is 4.20. The van der Waals surface area contributed by atoms with Gasteiger partial charge < -0.3 is 5.11 Å². The van der Waals surface area contributed by atoms with Crippen molar-refractivity contribution in [1.29, 1.82) is 0 Å². The van der Waals surface area contributed by atoms with Gasteiger partial charge in [-0.2, -0.15) is 5.10 Å². The summed E-state index contributed by atoms with van der Waals surface area (Å²) in [6.07, 6.45) is 0. The van der Waals surface area contributed by atoms with Crippen LogP contribution in [0.25, 0.3) is 0 Å². The Labute approximate surface area is 82.3 Å². The smallest absolute Gasteiger partial charge is 0.351 e. The molecule has 14 heavy (non-hydrogen) atoms. The molecule has 0 radical (unpaired) electrons. The van der Waals surface area contributed by atoms with E-state index in [9.17, 15) is 4.79 Å². The minimum absolute atomic E-state index is 0.0354. The molecule has 0 atom stereocenters. The number of carbonyl (C=O) groups is 1.